The monoisotopic (exact) mass is 378 g/mol. The van der Waals surface area contributed by atoms with Crippen LogP contribution in [0.4, 0.5) is 0 Å². The molecule has 3 aliphatic rings. The van der Waals surface area contributed by atoms with E-state index in [-0.39, 0.29) is 11.8 Å². The number of carbonyl (C=O) groups is 2. The predicted molar refractivity (Wildman–Crippen MR) is 107 cm³/mol. The zero-order valence-corrected chi connectivity index (χ0v) is 17.5. The molecule has 0 N–H and O–H groups in total. The summed E-state index contributed by atoms with van der Waals surface area (Å²) in [6, 6.07) is 0.320. The van der Waals surface area contributed by atoms with Crippen LogP contribution in [0.15, 0.2) is 0 Å². The van der Waals surface area contributed by atoms with Gasteiger partial charge in [-0.2, -0.15) is 0 Å². The van der Waals surface area contributed by atoms with Crippen molar-refractivity contribution in [3.8, 4) is 0 Å². The van der Waals surface area contributed by atoms with E-state index in [0.29, 0.717) is 19.1 Å². The summed E-state index contributed by atoms with van der Waals surface area (Å²) in [4.78, 5) is 33.9. The van der Waals surface area contributed by atoms with Gasteiger partial charge in [0.05, 0.1) is 13.1 Å². The van der Waals surface area contributed by atoms with Crippen molar-refractivity contribution in [2.24, 2.45) is 11.8 Å². The lowest BCUT2D eigenvalue weighted by atomic mass is 9.99. The van der Waals surface area contributed by atoms with E-state index in [1.165, 1.54) is 0 Å². The minimum atomic E-state index is 0.278. The molecule has 0 aromatic heterocycles. The van der Waals surface area contributed by atoms with Gasteiger partial charge in [-0.15, -0.1) is 0 Å². The number of amides is 2. The Labute approximate surface area is 164 Å². The van der Waals surface area contributed by atoms with Crippen molar-refractivity contribution in [1.82, 2.24) is 19.6 Å². The van der Waals surface area contributed by atoms with E-state index in [1.807, 2.05) is 9.80 Å². The number of hydrogen-bond acceptors (Lipinski definition) is 4. The maximum atomic E-state index is 12.6. The Balaban J connectivity index is 1.41. The van der Waals surface area contributed by atoms with Gasteiger partial charge in [-0.3, -0.25) is 19.4 Å². The molecule has 1 unspecified atom stereocenters. The molecule has 3 rings (SSSR count). The zero-order chi connectivity index (χ0) is 19.4. The smallest absolute Gasteiger partial charge is 0.236 e. The lowest BCUT2D eigenvalue weighted by Crippen LogP contribution is -2.56. The lowest BCUT2D eigenvalue weighted by Gasteiger charge is -2.41. The average molecular weight is 379 g/mol. The first-order valence-electron chi connectivity index (χ1n) is 10.9. The second-order valence-electron chi connectivity index (χ2n) is 9.18. The summed E-state index contributed by atoms with van der Waals surface area (Å²) in [5.74, 6) is 2.05. The van der Waals surface area contributed by atoms with E-state index in [4.69, 9.17) is 0 Å². The summed E-state index contributed by atoms with van der Waals surface area (Å²) in [5, 5.41) is 0. The summed E-state index contributed by atoms with van der Waals surface area (Å²) in [7, 11) is 0. The van der Waals surface area contributed by atoms with Gasteiger partial charge in [0.1, 0.15) is 0 Å². The van der Waals surface area contributed by atoms with Crippen LogP contribution in [0.2, 0.25) is 0 Å². The van der Waals surface area contributed by atoms with Crippen molar-refractivity contribution in [2.75, 3.05) is 58.9 Å². The second kappa shape index (κ2) is 9.37. The van der Waals surface area contributed by atoms with Gasteiger partial charge < -0.3 is 9.80 Å². The molecule has 0 aliphatic carbocycles. The average Bonchev–Trinajstić information content (AvgIpc) is 2.65. The summed E-state index contributed by atoms with van der Waals surface area (Å²) in [6.45, 7) is 14.1. The molecule has 6 nitrogen and oxygen atoms in total. The van der Waals surface area contributed by atoms with Crippen molar-refractivity contribution in [3.05, 3.63) is 0 Å². The van der Waals surface area contributed by atoms with Gasteiger partial charge in [-0.25, -0.2) is 0 Å². The van der Waals surface area contributed by atoms with Crippen molar-refractivity contribution in [1.29, 1.82) is 0 Å². The van der Waals surface area contributed by atoms with E-state index in [1.54, 1.807) is 0 Å². The Morgan fingerprint density at radius 3 is 1.67 bits per heavy atom. The molecule has 0 aromatic rings. The van der Waals surface area contributed by atoms with E-state index in [9.17, 15) is 9.59 Å². The van der Waals surface area contributed by atoms with Crippen LogP contribution >= 0.6 is 0 Å². The summed E-state index contributed by atoms with van der Waals surface area (Å²) in [5.41, 5.74) is 0. The minimum Gasteiger partial charge on any atom is -0.342 e. The SMILES string of the molecule is CC1CCN(C(=O)CN2CCN(CC(=O)N3CCC(C)CC3)C(C)C2)CC1. The third-order valence-electron chi connectivity index (χ3n) is 6.82. The van der Waals surface area contributed by atoms with Gasteiger partial charge >= 0.3 is 0 Å². The van der Waals surface area contributed by atoms with Crippen LogP contribution in [-0.2, 0) is 9.59 Å². The van der Waals surface area contributed by atoms with Gasteiger partial charge in [-0.05, 0) is 44.4 Å². The molecule has 0 radical (unpaired) electrons. The first-order valence-corrected chi connectivity index (χ1v) is 10.9. The maximum absolute atomic E-state index is 12.6. The van der Waals surface area contributed by atoms with Crippen molar-refractivity contribution >= 4 is 11.8 Å². The highest BCUT2D eigenvalue weighted by atomic mass is 16.2. The molecule has 27 heavy (non-hydrogen) atoms. The maximum Gasteiger partial charge on any atom is 0.236 e. The van der Waals surface area contributed by atoms with Crippen molar-refractivity contribution in [2.45, 2.75) is 52.5 Å². The number of rotatable bonds is 4. The number of nitrogens with zero attached hydrogens (tertiary/aromatic N) is 4. The highest BCUT2D eigenvalue weighted by Gasteiger charge is 2.30. The standard InChI is InChI=1S/C21H38N4O2/c1-17-4-8-23(9-5-17)20(26)15-22-12-13-25(19(3)14-22)16-21(27)24-10-6-18(2)7-11-24/h17-19H,4-16H2,1-3H3. The molecule has 154 valence electrons. The number of piperidine rings is 2. The van der Waals surface area contributed by atoms with Gasteiger partial charge in [0.25, 0.3) is 0 Å². The fourth-order valence-electron chi connectivity index (χ4n) is 4.53. The molecule has 3 fully saturated rings. The highest BCUT2D eigenvalue weighted by molar-refractivity contribution is 5.79. The molecule has 0 bridgehead atoms. The van der Waals surface area contributed by atoms with Crippen LogP contribution in [0.1, 0.15) is 46.5 Å². The molecule has 2 amide bonds. The first kappa shape index (κ1) is 20.6. The van der Waals surface area contributed by atoms with Crippen LogP contribution in [0.3, 0.4) is 0 Å². The number of likely N-dealkylation sites (tertiary alicyclic amines) is 2. The summed E-state index contributed by atoms with van der Waals surface area (Å²) in [6.07, 6.45) is 4.53. The van der Waals surface area contributed by atoms with Crippen molar-refractivity contribution < 1.29 is 9.59 Å². The largest absolute Gasteiger partial charge is 0.342 e. The van der Waals surface area contributed by atoms with E-state index in [2.05, 4.69) is 30.6 Å². The molecule has 6 heteroatoms. The molecule has 3 aliphatic heterocycles. The van der Waals surface area contributed by atoms with E-state index in [0.717, 1.165) is 83.3 Å². The van der Waals surface area contributed by atoms with Crippen LogP contribution in [-0.4, -0.2) is 96.4 Å². The summed E-state index contributed by atoms with van der Waals surface area (Å²) >= 11 is 0. The number of hydrogen-bond donors (Lipinski definition) is 0. The fourth-order valence-corrected chi connectivity index (χ4v) is 4.53. The molecule has 3 saturated heterocycles. The number of piperazine rings is 1. The van der Waals surface area contributed by atoms with Gasteiger partial charge in [-0.1, -0.05) is 13.8 Å². The topological polar surface area (TPSA) is 47.1 Å². The Hall–Kier alpha value is -1.14. The Bertz CT molecular complexity index is 510. The van der Waals surface area contributed by atoms with Crippen LogP contribution in [0.25, 0.3) is 0 Å². The third kappa shape index (κ3) is 5.67. The van der Waals surface area contributed by atoms with Gasteiger partial charge in [0, 0.05) is 51.9 Å². The van der Waals surface area contributed by atoms with E-state index >= 15 is 0 Å². The Morgan fingerprint density at radius 2 is 1.19 bits per heavy atom. The lowest BCUT2D eigenvalue weighted by molar-refractivity contribution is -0.137. The highest BCUT2D eigenvalue weighted by Crippen LogP contribution is 2.18. The fraction of sp³-hybridized carbons (Fsp3) is 0.905. The quantitative estimate of drug-likeness (QED) is 0.744. The third-order valence-corrected chi connectivity index (χ3v) is 6.82. The normalized spacial score (nSPS) is 27.1. The van der Waals surface area contributed by atoms with E-state index < -0.39 is 0 Å². The van der Waals surface area contributed by atoms with Crippen molar-refractivity contribution in [3.63, 3.8) is 0 Å². The molecular weight excluding hydrogens is 340 g/mol. The molecule has 1 atom stereocenters. The summed E-state index contributed by atoms with van der Waals surface area (Å²) < 4.78 is 0. The van der Waals surface area contributed by atoms with Gasteiger partial charge in [0.15, 0.2) is 0 Å². The molecule has 3 heterocycles. The Morgan fingerprint density at radius 1 is 0.704 bits per heavy atom. The minimum absolute atomic E-state index is 0.278. The second-order valence-corrected chi connectivity index (χ2v) is 9.18. The first-order chi connectivity index (χ1) is 12.9. The molecule has 0 saturated carbocycles. The van der Waals surface area contributed by atoms with Crippen LogP contribution < -0.4 is 0 Å². The molecule has 0 spiro atoms. The number of carbonyl (C=O) groups excluding carboxylic acids is 2. The van der Waals surface area contributed by atoms with Gasteiger partial charge in [0.2, 0.25) is 11.8 Å². The zero-order valence-electron chi connectivity index (χ0n) is 17.5. The Kier molecular flexibility index (Phi) is 7.15. The van der Waals surface area contributed by atoms with Crippen LogP contribution in [0, 0.1) is 11.8 Å². The molecule has 0 aromatic carbocycles. The van der Waals surface area contributed by atoms with Crippen LogP contribution in [0.5, 0.6) is 0 Å². The molecular formula is C21H38N4O2. The predicted octanol–water partition coefficient (Wildman–Crippen LogP) is 1.51.